The zero-order valence-electron chi connectivity index (χ0n) is 10.2. The summed E-state index contributed by atoms with van der Waals surface area (Å²) < 4.78 is 1.30. The molecule has 0 aromatic carbocycles. The largest absolute Gasteiger partial charge is 0.373 e. The van der Waals surface area contributed by atoms with Crippen LogP contribution >= 0.6 is 0 Å². The number of nitro groups is 1. The molecule has 0 fully saturated rings. The van der Waals surface area contributed by atoms with Crippen LogP contribution in [0.3, 0.4) is 0 Å². The molecule has 2 heterocycles. The second-order valence-corrected chi connectivity index (χ2v) is 3.91. The molecular weight excluding hydrogens is 248 g/mol. The molecular formula is C12H12N4O3. The highest BCUT2D eigenvalue weighted by Gasteiger charge is 2.08. The summed E-state index contributed by atoms with van der Waals surface area (Å²) in [4.78, 5) is 25.9. The van der Waals surface area contributed by atoms with Crippen LogP contribution in [0.15, 0.2) is 41.5 Å². The van der Waals surface area contributed by atoms with E-state index in [-0.39, 0.29) is 17.8 Å². The first-order chi connectivity index (χ1) is 9.10. The second kappa shape index (κ2) is 5.30. The third-order valence-corrected chi connectivity index (χ3v) is 2.61. The normalized spacial score (nSPS) is 10.2. The van der Waals surface area contributed by atoms with Crippen molar-refractivity contribution in [3.63, 3.8) is 0 Å². The smallest absolute Gasteiger partial charge is 0.285 e. The number of nitrogens with one attached hydrogen (secondary N) is 1. The van der Waals surface area contributed by atoms with Crippen LogP contribution in [-0.2, 0) is 6.54 Å². The maximum absolute atomic E-state index is 11.7. The minimum atomic E-state index is -0.526. The van der Waals surface area contributed by atoms with Crippen molar-refractivity contribution in [2.24, 2.45) is 0 Å². The number of aromatic nitrogens is 2. The number of anilines is 1. The van der Waals surface area contributed by atoms with Gasteiger partial charge in [-0.2, -0.15) is 0 Å². The molecule has 0 saturated heterocycles. The minimum Gasteiger partial charge on any atom is -0.373 e. The number of hydrogen-bond acceptors (Lipinski definition) is 5. The lowest BCUT2D eigenvalue weighted by Gasteiger charge is -2.06. The van der Waals surface area contributed by atoms with Gasteiger partial charge in [0, 0.05) is 25.4 Å². The highest BCUT2D eigenvalue weighted by Crippen LogP contribution is 2.10. The van der Waals surface area contributed by atoms with Crippen molar-refractivity contribution < 1.29 is 4.92 Å². The summed E-state index contributed by atoms with van der Waals surface area (Å²) in [6.07, 6.45) is 2.85. The van der Waals surface area contributed by atoms with Gasteiger partial charge in [0.05, 0.1) is 17.7 Å². The van der Waals surface area contributed by atoms with Crippen LogP contribution in [0.25, 0.3) is 0 Å². The fraction of sp³-hybridized carbons (Fsp3) is 0.167. The number of pyridine rings is 2. The molecule has 0 spiro atoms. The van der Waals surface area contributed by atoms with Crippen LogP contribution in [0.1, 0.15) is 5.56 Å². The van der Waals surface area contributed by atoms with E-state index in [1.165, 1.54) is 22.9 Å². The predicted molar refractivity (Wildman–Crippen MR) is 70.2 cm³/mol. The fourth-order valence-electron chi connectivity index (χ4n) is 1.66. The molecule has 0 saturated carbocycles. The van der Waals surface area contributed by atoms with Crippen LogP contribution < -0.4 is 10.9 Å². The van der Waals surface area contributed by atoms with E-state index in [0.717, 1.165) is 5.56 Å². The molecule has 0 aliphatic carbocycles. The standard InChI is InChI=1S/C12H12N4O3/c1-13-11-6-9(4-5-14-11)7-15-8-10(16(18)19)2-3-12(15)17/h2-6,8H,7H2,1H3,(H,13,14). The first-order valence-electron chi connectivity index (χ1n) is 5.57. The van der Waals surface area contributed by atoms with Crippen molar-refractivity contribution in [2.75, 3.05) is 12.4 Å². The molecule has 0 atom stereocenters. The van der Waals surface area contributed by atoms with Gasteiger partial charge in [-0.15, -0.1) is 0 Å². The van der Waals surface area contributed by atoms with E-state index in [4.69, 9.17) is 0 Å². The molecule has 7 heteroatoms. The van der Waals surface area contributed by atoms with E-state index >= 15 is 0 Å². The van der Waals surface area contributed by atoms with Gasteiger partial charge in [-0.3, -0.25) is 14.9 Å². The van der Waals surface area contributed by atoms with Crippen LogP contribution in [-0.4, -0.2) is 21.5 Å². The Labute approximate surface area is 108 Å². The topological polar surface area (TPSA) is 90.1 Å². The van der Waals surface area contributed by atoms with E-state index < -0.39 is 4.92 Å². The van der Waals surface area contributed by atoms with Gasteiger partial charge in [-0.25, -0.2) is 4.98 Å². The van der Waals surface area contributed by atoms with E-state index in [1.807, 2.05) is 0 Å². The monoisotopic (exact) mass is 260 g/mol. The highest BCUT2D eigenvalue weighted by molar-refractivity contribution is 5.37. The van der Waals surface area contributed by atoms with E-state index in [2.05, 4.69) is 10.3 Å². The van der Waals surface area contributed by atoms with Gasteiger partial charge in [0.2, 0.25) is 0 Å². The Hall–Kier alpha value is -2.70. The van der Waals surface area contributed by atoms with Crippen molar-refractivity contribution >= 4 is 11.5 Å². The van der Waals surface area contributed by atoms with Crippen molar-refractivity contribution in [2.45, 2.75) is 6.54 Å². The number of hydrogen-bond donors (Lipinski definition) is 1. The number of rotatable bonds is 4. The molecule has 19 heavy (non-hydrogen) atoms. The summed E-state index contributed by atoms with van der Waals surface area (Å²) >= 11 is 0. The average molecular weight is 260 g/mol. The Morgan fingerprint density at radius 2 is 2.21 bits per heavy atom. The van der Waals surface area contributed by atoms with E-state index in [1.54, 1.807) is 25.4 Å². The molecule has 7 nitrogen and oxygen atoms in total. The van der Waals surface area contributed by atoms with Gasteiger partial charge in [0.15, 0.2) is 0 Å². The minimum absolute atomic E-state index is 0.109. The zero-order valence-corrected chi connectivity index (χ0v) is 10.2. The molecule has 0 aliphatic rings. The average Bonchev–Trinajstić information content (AvgIpc) is 2.41. The maximum atomic E-state index is 11.7. The van der Waals surface area contributed by atoms with Gasteiger partial charge < -0.3 is 9.88 Å². The lowest BCUT2D eigenvalue weighted by Crippen LogP contribution is -2.19. The summed E-state index contributed by atoms with van der Waals surface area (Å²) in [5.41, 5.74) is 0.442. The first kappa shape index (κ1) is 12.7. The molecule has 0 bridgehead atoms. The quantitative estimate of drug-likeness (QED) is 0.659. The van der Waals surface area contributed by atoms with Crippen molar-refractivity contribution in [3.8, 4) is 0 Å². The summed E-state index contributed by atoms with van der Waals surface area (Å²) in [7, 11) is 1.74. The molecule has 0 amide bonds. The maximum Gasteiger partial charge on any atom is 0.285 e. The SMILES string of the molecule is CNc1cc(Cn2cc([N+](=O)[O-])ccc2=O)ccn1. The molecule has 98 valence electrons. The van der Waals surface area contributed by atoms with E-state index in [9.17, 15) is 14.9 Å². The first-order valence-corrected chi connectivity index (χ1v) is 5.57. The van der Waals surface area contributed by atoms with Crippen LogP contribution in [0, 0.1) is 10.1 Å². The third-order valence-electron chi connectivity index (χ3n) is 2.61. The molecule has 0 unspecified atom stereocenters. The Kier molecular flexibility index (Phi) is 3.56. The molecule has 2 aromatic rings. The summed E-state index contributed by atoms with van der Waals surface area (Å²) in [5.74, 6) is 0.677. The lowest BCUT2D eigenvalue weighted by molar-refractivity contribution is -0.385. The van der Waals surface area contributed by atoms with Crippen molar-refractivity contribution in [1.29, 1.82) is 0 Å². The Morgan fingerprint density at radius 1 is 1.42 bits per heavy atom. The predicted octanol–water partition coefficient (Wildman–Crippen LogP) is 1.24. The van der Waals surface area contributed by atoms with Gasteiger partial charge in [-0.1, -0.05) is 0 Å². The summed E-state index contributed by atoms with van der Waals surface area (Å²) in [6.45, 7) is 0.262. The molecule has 1 N–H and O–H groups in total. The van der Waals surface area contributed by atoms with Crippen LogP contribution in [0.2, 0.25) is 0 Å². The Bertz CT molecular complexity index is 666. The second-order valence-electron chi connectivity index (χ2n) is 3.91. The van der Waals surface area contributed by atoms with Gasteiger partial charge in [0.1, 0.15) is 5.82 Å². The molecule has 0 radical (unpaired) electrons. The van der Waals surface area contributed by atoms with E-state index in [0.29, 0.717) is 5.82 Å². The van der Waals surface area contributed by atoms with Crippen LogP contribution in [0.5, 0.6) is 0 Å². The zero-order chi connectivity index (χ0) is 13.8. The van der Waals surface area contributed by atoms with Gasteiger partial charge in [-0.05, 0) is 17.7 Å². The van der Waals surface area contributed by atoms with Crippen molar-refractivity contribution in [3.05, 3.63) is 62.7 Å². The van der Waals surface area contributed by atoms with Gasteiger partial charge in [0.25, 0.3) is 11.2 Å². The third kappa shape index (κ3) is 2.95. The Balaban J connectivity index is 2.34. The fourth-order valence-corrected chi connectivity index (χ4v) is 1.66. The van der Waals surface area contributed by atoms with Crippen molar-refractivity contribution in [1.82, 2.24) is 9.55 Å². The molecule has 2 rings (SSSR count). The lowest BCUT2D eigenvalue weighted by atomic mass is 10.2. The molecule has 0 aliphatic heterocycles. The van der Waals surface area contributed by atoms with Crippen LogP contribution in [0.4, 0.5) is 11.5 Å². The number of nitrogens with zero attached hydrogens (tertiary/aromatic N) is 3. The molecule has 2 aromatic heterocycles. The Morgan fingerprint density at radius 3 is 2.89 bits per heavy atom. The van der Waals surface area contributed by atoms with Gasteiger partial charge >= 0.3 is 0 Å². The highest BCUT2D eigenvalue weighted by atomic mass is 16.6. The summed E-state index contributed by atoms with van der Waals surface area (Å²) in [6, 6.07) is 5.93. The summed E-state index contributed by atoms with van der Waals surface area (Å²) in [5, 5.41) is 13.6.